The van der Waals surface area contributed by atoms with Crippen LogP contribution in [0.5, 0.6) is 0 Å². The van der Waals surface area contributed by atoms with Gasteiger partial charge in [-0.15, -0.1) is 11.8 Å². The molecule has 0 aliphatic heterocycles. The lowest BCUT2D eigenvalue weighted by atomic mass is 10.0. The first-order chi connectivity index (χ1) is 12.7. The van der Waals surface area contributed by atoms with Gasteiger partial charge in [-0.25, -0.2) is 8.42 Å². The fourth-order valence-corrected chi connectivity index (χ4v) is 4.35. The van der Waals surface area contributed by atoms with Crippen LogP contribution in [0.1, 0.15) is 38.3 Å². The molecular weight excluding hydrogens is 402 g/mol. The van der Waals surface area contributed by atoms with E-state index in [1.165, 1.54) is 18.0 Å². The van der Waals surface area contributed by atoms with Crippen molar-refractivity contribution in [2.75, 3.05) is 6.26 Å². The molecule has 146 valence electrons. The second-order valence-electron chi connectivity index (χ2n) is 6.28. The van der Waals surface area contributed by atoms with E-state index in [0.717, 1.165) is 10.5 Å². The maximum absolute atomic E-state index is 12.8. The SMILES string of the molecule is CC[C@H](NC(=O)[C@@H](CC)Sc1ccc(Cl)cc1)c1ccc(S(C)(=O)=O)cc1. The molecule has 0 saturated heterocycles. The van der Waals surface area contributed by atoms with E-state index in [0.29, 0.717) is 17.9 Å². The summed E-state index contributed by atoms with van der Waals surface area (Å²) < 4.78 is 23.2. The highest BCUT2D eigenvalue weighted by atomic mass is 35.5. The molecule has 2 aromatic carbocycles. The van der Waals surface area contributed by atoms with Crippen molar-refractivity contribution in [3.05, 3.63) is 59.1 Å². The number of thioether (sulfide) groups is 1. The van der Waals surface area contributed by atoms with Crippen LogP contribution in [0, 0.1) is 0 Å². The Morgan fingerprint density at radius 2 is 1.63 bits per heavy atom. The Kier molecular flexibility index (Phi) is 7.77. The van der Waals surface area contributed by atoms with Crippen LogP contribution in [0.25, 0.3) is 0 Å². The second kappa shape index (κ2) is 9.62. The molecule has 1 N–H and O–H groups in total. The Hall–Kier alpha value is -1.50. The van der Waals surface area contributed by atoms with E-state index in [2.05, 4.69) is 5.32 Å². The van der Waals surface area contributed by atoms with Crippen LogP contribution in [-0.2, 0) is 14.6 Å². The van der Waals surface area contributed by atoms with Gasteiger partial charge >= 0.3 is 0 Å². The summed E-state index contributed by atoms with van der Waals surface area (Å²) in [6.45, 7) is 3.97. The van der Waals surface area contributed by atoms with Crippen LogP contribution in [-0.4, -0.2) is 25.8 Å². The van der Waals surface area contributed by atoms with Crippen LogP contribution in [0.3, 0.4) is 0 Å². The molecule has 0 spiro atoms. The lowest BCUT2D eigenvalue weighted by Gasteiger charge is -2.21. The fourth-order valence-electron chi connectivity index (χ4n) is 2.63. The zero-order valence-corrected chi connectivity index (χ0v) is 18.0. The highest BCUT2D eigenvalue weighted by Gasteiger charge is 2.21. The Bertz CT molecular complexity index is 865. The summed E-state index contributed by atoms with van der Waals surface area (Å²) in [6, 6.07) is 14.0. The molecule has 0 aromatic heterocycles. The van der Waals surface area contributed by atoms with E-state index in [9.17, 15) is 13.2 Å². The van der Waals surface area contributed by atoms with Gasteiger partial charge in [0, 0.05) is 16.2 Å². The molecule has 0 aliphatic rings. The monoisotopic (exact) mass is 425 g/mol. The molecular formula is C20H24ClNO3S2. The molecule has 2 rings (SSSR count). The number of carbonyl (C=O) groups excluding carboxylic acids is 1. The lowest BCUT2D eigenvalue weighted by molar-refractivity contribution is -0.121. The first-order valence-electron chi connectivity index (χ1n) is 8.77. The standard InChI is InChI=1S/C20H24ClNO3S2/c1-4-18(14-6-12-17(13-7-14)27(3,24)25)22-20(23)19(5-2)26-16-10-8-15(21)9-11-16/h6-13,18-19H,4-5H2,1-3H3,(H,22,23)/t18-,19+/m0/s1. The minimum absolute atomic E-state index is 0.0310. The van der Waals surface area contributed by atoms with Crippen molar-refractivity contribution < 1.29 is 13.2 Å². The van der Waals surface area contributed by atoms with Crippen molar-refractivity contribution in [3.63, 3.8) is 0 Å². The van der Waals surface area contributed by atoms with Crippen LogP contribution in [0.15, 0.2) is 58.3 Å². The molecule has 0 saturated carbocycles. The number of rotatable bonds is 8. The van der Waals surface area contributed by atoms with E-state index in [1.807, 2.05) is 38.1 Å². The van der Waals surface area contributed by atoms with Gasteiger partial charge in [0.1, 0.15) is 0 Å². The Balaban J connectivity index is 2.09. The third-order valence-corrected chi connectivity index (χ3v) is 6.95. The number of sulfone groups is 1. The summed E-state index contributed by atoms with van der Waals surface area (Å²) in [5.74, 6) is -0.0310. The minimum Gasteiger partial charge on any atom is -0.348 e. The van der Waals surface area contributed by atoms with Gasteiger partial charge in [0.05, 0.1) is 16.2 Å². The van der Waals surface area contributed by atoms with Crippen LogP contribution >= 0.6 is 23.4 Å². The molecule has 0 aliphatic carbocycles. The van der Waals surface area contributed by atoms with Crippen LogP contribution in [0.4, 0.5) is 0 Å². The average Bonchev–Trinajstić information content (AvgIpc) is 2.64. The highest BCUT2D eigenvalue weighted by Crippen LogP contribution is 2.28. The Labute approximate surface area is 170 Å². The normalized spacial score (nSPS) is 13.8. The molecule has 0 unspecified atom stereocenters. The van der Waals surface area contributed by atoms with Gasteiger partial charge in [-0.3, -0.25) is 4.79 Å². The van der Waals surface area contributed by atoms with Crippen LogP contribution < -0.4 is 5.32 Å². The summed E-state index contributed by atoms with van der Waals surface area (Å²) in [5, 5.41) is 3.54. The Morgan fingerprint density at radius 3 is 2.11 bits per heavy atom. The van der Waals surface area contributed by atoms with Crippen molar-refractivity contribution in [1.29, 1.82) is 0 Å². The molecule has 2 aromatic rings. The third kappa shape index (κ3) is 6.26. The van der Waals surface area contributed by atoms with Crippen molar-refractivity contribution in [2.45, 2.75) is 47.8 Å². The lowest BCUT2D eigenvalue weighted by Crippen LogP contribution is -2.35. The number of carbonyl (C=O) groups is 1. The minimum atomic E-state index is -3.23. The number of halogens is 1. The number of amides is 1. The first-order valence-corrected chi connectivity index (χ1v) is 11.9. The predicted octanol–water partition coefficient (Wildman–Crippen LogP) is 4.88. The largest absolute Gasteiger partial charge is 0.348 e. The van der Waals surface area contributed by atoms with Crippen molar-refractivity contribution >= 4 is 39.1 Å². The van der Waals surface area contributed by atoms with Crippen molar-refractivity contribution in [1.82, 2.24) is 5.32 Å². The molecule has 4 nitrogen and oxygen atoms in total. The molecule has 2 atom stereocenters. The highest BCUT2D eigenvalue weighted by molar-refractivity contribution is 8.00. The van der Waals surface area contributed by atoms with Gasteiger partial charge in [-0.1, -0.05) is 37.6 Å². The van der Waals surface area contributed by atoms with Gasteiger partial charge in [0.2, 0.25) is 5.91 Å². The summed E-state index contributed by atoms with van der Waals surface area (Å²) in [4.78, 5) is 14.0. The zero-order chi connectivity index (χ0) is 20.0. The average molecular weight is 426 g/mol. The number of nitrogens with one attached hydrogen (secondary N) is 1. The maximum atomic E-state index is 12.8. The maximum Gasteiger partial charge on any atom is 0.233 e. The molecule has 0 fully saturated rings. The van der Waals surface area contributed by atoms with Crippen molar-refractivity contribution in [3.8, 4) is 0 Å². The fraction of sp³-hybridized carbons (Fsp3) is 0.350. The Morgan fingerprint density at radius 1 is 1.04 bits per heavy atom. The molecule has 0 heterocycles. The van der Waals surface area contributed by atoms with E-state index >= 15 is 0 Å². The number of benzene rings is 2. The van der Waals surface area contributed by atoms with Gasteiger partial charge in [-0.05, 0) is 54.8 Å². The van der Waals surface area contributed by atoms with Gasteiger partial charge in [0.25, 0.3) is 0 Å². The van der Waals surface area contributed by atoms with Gasteiger partial charge in [0.15, 0.2) is 9.84 Å². The summed E-state index contributed by atoms with van der Waals surface area (Å²) in [5.41, 5.74) is 0.893. The predicted molar refractivity (Wildman–Crippen MR) is 112 cm³/mol. The van der Waals surface area contributed by atoms with E-state index in [1.54, 1.807) is 24.3 Å². The molecule has 0 bridgehead atoms. The quantitative estimate of drug-likeness (QED) is 0.612. The second-order valence-corrected chi connectivity index (χ2v) is 10.0. The van der Waals surface area contributed by atoms with E-state index in [-0.39, 0.29) is 22.1 Å². The van der Waals surface area contributed by atoms with Crippen LogP contribution in [0.2, 0.25) is 5.02 Å². The third-order valence-electron chi connectivity index (χ3n) is 4.19. The number of hydrogen-bond donors (Lipinski definition) is 1. The molecule has 1 amide bonds. The van der Waals surface area contributed by atoms with Crippen molar-refractivity contribution in [2.24, 2.45) is 0 Å². The molecule has 27 heavy (non-hydrogen) atoms. The molecule has 7 heteroatoms. The van der Waals surface area contributed by atoms with Gasteiger partial charge < -0.3 is 5.32 Å². The zero-order valence-electron chi connectivity index (χ0n) is 15.6. The summed E-state index contributed by atoms with van der Waals surface area (Å²) >= 11 is 7.42. The van der Waals surface area contributed by atoms with Gasteiger partial charge in [-0.2, -0.15) is 0 Å². The summed E-state index contributed by atoms with van der Waals surface area (Å²) in [7, 11) is -3.23. The first kappa shape index (κ1) is 21.8. The molecule has 0 radical (unpaired) electrons. The topological polar surface area (TPSA) is 63.2 Å². The number of hydrogen-bond acceptors (Lipinski definition) is 4. The smallest absolute Gasteiger partial charge is 0.233 e. The van der Waals surface area contributed by atoms with E-state index < -0.39 is 9.84 Å². The summed E-state index contributed by atoms with van der Waals surface area (Å²) in [6.07, 6.45) is 2.59. The van der Waals surface area contributed by atoms with E-state index in [4.69, 9.17) is 11.6 Å².